The van der Waals surface area contributed by atoms with Crippen LogP contribution in [0.15, 0.2) is 446 Å². The highest BCUT2D eigenvalue weighted by Gasteiger charge is 2.28. The van der Waals surface area contributed by atoms with Gasteiger partial charge in [-0.2, -0.15) is 0 Å². The predicted molar refractivity (Wildman–Crippen MR) is 516 cm³/mol. The SMILES string of the molecule is c1ccc2c(c1)-c1ccccc1-c1ccc(-c3cc(-c4ccc5oc6ccccc6c5c4)cc(-c4ccc5c6ccccc6c6ccccc6c5c4)c3)cc1-c1ccccc1-2.c1ccc2c(c1)-c1ccccc1-c1cccc(-c3cc(-c4ccc5oc6ccccc6c5c4)cc(-c4ccc5c6ccccc6c6ccccc6c5c4)c3)c1-c1ccccc1-2. The highest BCUT2D eigenvalue weighted by molar-refractivity contribution is 6.27. The van der Waals surface area contributed by atoms with E-state index in [4.69, 9.17) is 8.83 Å². The molecule has 2 heteroatoms. The van der Waals surface area contributed by atoms with E-state index < -0.39 is 0 Å². The summed E-state index contributed by atoms with van der Waals surface area (Å²) in [6.07, 6.45) is 0. The summed E-state index contributed by atoms with van der Waals surface area (Å²) < 4.78 is 12.6. The molecule has 0 saturated heterocycles. The van der Waals surface area contributed by atoms with Gasteiger partial charge in [-0.05, 0) is 311 Å². The number of hydrogen-bond acceptors (Lipinski definition) is 2. The average molecular weight is 1550 g/mol. The molecule has 0 saturated carbocycles. The van der Waals surface area contributed by atoms with Crippen LogP contribution in [0.4, 0.5) is 0 Å². The second-order valence-electron chi connectivity index (χ2n) is 32.7. The van der Waals surface area contributed by atoms with Gasteiger partial charge in [0.2, 0.25) is 0 Å². The highest BCUT2D eigenvalue weighted by atomic mass is 16.3. The zero-order valence-electron chi connectivity index (χ0n) is 66.4. The molecule has 0 amide bonds. The summed E-state index contributed by atoms with van der Waals surface area (Å²) >= 11 is 0. The number of para-hydroxylation sites is 2. The smallest absolute Gasteiger partial charge is 0.135 e. The Morgan fingerprint density at radius 2 is 0.320 bits per heavy atom. The number of fused-ring (bicyclic) bond motifs is 34. The van der Waals surface area contributed by atoms with Gasteiger partial charge in [-0.15, -0.1) is 0 Å². The number of hydrogen-bond donors (Lipinski definition) is 0. The van der Waals surface area contributed by atoms with Crippen molar-refractivity contribution >= 4 is 109 Å². The van der Waals surface area contributed by atoms with E-state index in [-0.39, 0.29) is 0 Å². The standard InChI is InChI=1S/2C60H36O/c1-3-16-45-43(14-1)46-17-5-7-20-50(46)55-26-13-25-42(60(55)54-24-10-9-21-49(45)54)41-33-39(32-40(34-41)38-29-31-59-57(36-38)53-23-11-12-27-58(53)61-59)37-28-30-52-48-19-4-2-15-44(48)47-18-6-8-22-51(47)56(52)35-37;1-2-14-44-43(13-1)45-15-3-5-19-49(45)53-28-25-37(34-56(53)51-21-9-7-17-47(44)51)40-31-41(33-42(32-40)39-27-30-60-58(36-39)55-23-11-12-24-59(55)61-60)38-26-29-54-50-20-6-4-16-46(50)48-18-8-10-22-52(48)57(54)35-38/h2*1-36H. The van der Waals surface area contributed by atoms with Crippen molar-refractivity contribution in [2.75, 3.05) is 0 Å². The maximum absolute atomic E-state index is 6.31. The van der Waals surface area contributed by atoms with Crippen molar-refractivity contribution in [1.82, 2.24) is 0 Å². The zero-order chi connectivity index (χ0) is 80.0. The van der Waals surface area contributed by atoms with Crippen LogP contribution in [0.1, 0.15) is 0 Å². The Morgan fingerprint density at radius 3 is 0.689 bits per heavy atom. The van der Waals surface area contributed by atoms with Crippen LogP contribution in [0.25, 0.3) is 264 Å². The molecule has 0 fully saturated rings. The van der Waals surface area contributed by atoms with Crippen molar-refractivity contribution in [3.63, 3.8) is 0 Å². The zero-order valence-corrected chi connectivity index (χ0v) is 66.4. The van der Waals surface area contributed by atoms with Crippen molar-refractivity contribution in [2.24, 2.45) is 0 Å². The Kier molecular flexibility index (Phi) is 15.8. The predicted octanol–water partition coefficient (Wildman–Crippen LogP) is 34.1. The van der Waals surface area contributed by atoms with Gasteiger partial charge >= 0.3 is 0 Å². The van der Waals surface area contributed by atoms with Crippen LogP contribution in [0.3, 0.4) is 0 Å². The molecular weight excluding hydrogens is 1470 g/mol. The van der Waals surface area contributed by atoms with Crippen molar-refractivity contribution < 1.29 is 8.83 Å². The normalized spacial score (nSPS) is 11.9. The summed E-state index contributed by atoms with van der Waals surface area (Å²) in [6, 6.07) is 161. The van der Waals surface area contributed by atoms with Gasteiger partial charge in [0.25, 0.3) is 0 Å². The molecule has 2 aromatic heterocycles. The second kappa shape index (κ2) is 27.8. The lowest BCUT2D eigenvalue weighted by Crippen LogP contribution is -1.99. The maximum atomic E-state index is 6.31. The van der Waals surface area contributed by atoms with E-state index in [1.54, 1.807) is 0 Å². The molecule has 2 nitrogen and oxygen atoms in total. The lowest BCUT2D eigenvalue weighted by molar-refractivity contribution is 0.668. The molecule has 0 aliphatic heterocycles. The first-order valence-corrected chi connectivity index (χ1v) is 42.1. The number of benzene rings is 22. The van der Waals surface area contributed by atoms with Gasteiger partial charge in [0.1, 0.15) is 22.3 Å². The molecule has 2 aliphatic carbocycles. The molecule has 26 rings (SSSR count). The first kappa shape index (κ1) is 69.2. The average Bonchev–Trinajstić information content (AvgIpc) is 1.25. The molecule has 2 heterocycles. The molecular formula is C120H72O2. The molecule has 0 radical (unpaired) electrons. The number of rotatable bonds is 6. The summed E-state index contributed by atoms with van der Waals surface area (Å²) in [7, 11) is 0. The van der Waals surface area contributed by atoms with Crippen LogP contribution < -0.4 is 0 Å². The lowest BCUT2D eigenvalue weighted by atomic mass is 9.78. The van der Waals surface area contributed by atoms with E-state index in [0.29, 0.717) is 0 Å². The summed E-state index contributed by atoms with van der Waals surface area (Å²) in [4.78, 5) is 0. The van der Waals surface area contributed by atoms with Crippen molar-refractivity contribution in [1.29, 1.82) is 0 Å². The van der Waals surface area contributed by atoms with E-state index in [0.717, 1.165) is 66.1 Å². The fourth-order valence-corrected chi connectivity index (χ4v) is 20.4. The second-order valence-corrected chi connectivity index (χ2v) is 32.7. The van der Waals surface area contributed by atoms with Gasteiger partial charge in [0.05, 0.1) is 0 Å². The maximum Gasteiger partial charge on any atom is 0.135 e. The Bertz CT molecular complexity index is 8390. The molecule has 2 aliphatic rings. The Balaban J connectivity index is 0.000000134. The van der Waals surface area contributed by atoms with Gasteiger partial charge < -0.3 is 8.83 Å². The van der Waals surface area contributed by atoms with Gasteiger partial charge in [-0.25, -0.2) is 0 Å². The molecule has 22 aromatic carbocycles. The van der Waals surface area contributed by atoms with Gasteiger partial charge in [-0.1, -0.05) is 346 Å². The molecule has 122 heavy (non-hydrogen) atoms. The minimum absolute atomic E-state index is 0.898. The minimum atomic E-state index is 0.898. The van der Waals surface area contributed by atoms with E-state index >= 15 is 0 Å². The summed E-state index contributed by atoms with van der Waals surface area (Å²) in [6.45, 7) is 0. The lowest BCUT2D eigenvalue weighted by Gasteiger charge is -2.25. The fraction of sp³-hybridized carbons (Fsp3) is 0. The van der Waals surface area contributed by atoms with Gasteiger partial charge in [0.15, 0.2) is 0 Å². The monoisotopic (exact) mass is 1540 g/mol. The quantitative estimate of drug-likeness (QED) is 0.155. The van der Waals surface area contributed by atoms with Crippen LogP contribution in [0.2, 0.25) is 0 Å². The molecule has 0 bridgehead atoms. The minimum Gasteiger partial charge on any atom is -0.456 e. The van der Waals surface area contributed by atoms with Gasteiger partial charge in [-0.3, -0.25) is 0 Å². The van der Waals surface area contributed by atoms with Crippen LogP contribution in [0, 0.1) is 0 Å². The molecule has 0 N–H and O–H groups in total. The molecule has 0 unspecified atom stereocenters. The largest absolute Gasteiger partial charge is 0.456 e. The van der Waals surface area contributed by atoms with Crippen molar-refractivity contribution in [3.05, 3.63) is 437 Å². The van der Waals surface area contributed by atoms with Crippen LogP contribution in [-0.4, -0.2) is 0 Å². The Morgan fingerprint density at radius 1 is 0.0984 bits per heavy atom. The van der Waals surface area contributed by atoms with E-state index in [1.165, 1.54) is 198 Å². The summed E-state index contributed by atoms with van der Waals surface area (Å²) in [5.41, 5.74) is 37.6. The van der Waals surface area contributed by atoms with E-state index in [2.05, 4.69) is 425 Å². The Hall–Kier alpha value is -16.0. The van der Waals surface area contributed by atoms with Crippen molar-refractivity contribution in [3.8, 4) is 156 Å². The topological polar surface area (TPSA) is 26.3 Å². The third-order valence-corrected chi connectivity index (χ3v) is 26.0. The number of furan rings is 2. The molecule has 24 aromatic rings. The van der Waals surface area contributed by atoms with Crippen LogP contribution >= 0.6 is 0 Å². The molecule has 0 spiro atoms. The first-order chi connectivity index (χ1) is 60.5. The fourth-order valence-electron chi connectivity index (χ4n) is 20.4. The van der Waals surface area contributed by atoms with Crippen molar-refractivity contribution in [2.45, 2.75) is 0 Å². The van der Waals surface area contributed by atoms with Gasteiger partial charge in [0, 0.05) is 21.5 Å². The van der Waals surface area contributed by atoms with Crippen LogP contribution in [-0.2, 0) is 0 Å². The summed E-state index contributed by atoms with van der Waals surface area (Å²) in [5, 5.41) is 19.8. The van der Waals surface area contributed by atoms with E-state index in [9.17, 15) is 0 Å². The van der Waals surface area contributed by atoms with Crippen LogP contribution in [0.5, 0.6) is 0 Å². The molecule has 564 valence electrons. The van der Waals surface area contributed by atoms with E-state index in [1.807, 2.05) is 12.1 Å². The molecule has 0 atom stereocenters. The Labute approximate surface area is 705 Å². The third-order valence-electron chi connectivity index (χ3n) is 26.0. The first-order valence-electron chi connectivity index (χ1n) is 42.1. The summed E-state index contributed by atoms with van der Waals surface area (Å²) in [5.74, 6) is 0. The third kappa shape index (κ3) is 11.1. The highest BCUT2D eigenvalue weighted by Crippen LogP contribution is 2.54.